The Morgan fingerprint density at radius 3 is 2.68 bits per heavy atom. The molecular formula is C17H12FNO2S. The van der Waals surface area contributed by atoms with Crippen LogP contribution in [-0.2, 0) is 0 Å². The summed E-state index contributed by atoms with van der Waals surface area (Å²) in [7, 11) is 0. The lowest BCUT2D eigenvalue weighted by Crippen LogP contribution is -1.92. The smallest absolute Gasteiger partial charge is 0.197 e. The number of halogens is 1. The second-order valence-electron chi connectivity index (χ2n) is 4.67. The summed E-state index contributed by atoms with van der Waals surface area (Å²) in [4.78, 5) is 16.7. The lowest BCUT2D eigenvalue weighted by atomic mass is 10.2. The summed E-state index contributed by atoms with van der Waals surface area (Å²) < 4.78 is 18.5. The minimum atomic E-state index is -0.291. The van der Waals surface area contributed by atoms with Crippen LogP contribution in [0, 0.1) is 12.7 Å². The first-order valence-corrected chi connectivity index (χ1v) is 7.50. The van der Waals surface area contributed by atoms with Gasteiger partial charge in [0.05, 0.1) is 16.1 Å². The number of carbonyl (C=O) groups excluding carboxylic acids is 1. The maximum Gasteiger partial charge on any atom is 0.197 e. The number of aryl methyl sites for hydroxylation is 1. The van der Waals surface area contributed by atoms with E-state index in [0.29, 0.717) is 16.4 Å². The van der Waals surface area contributed by atoms with Crippen LogP contribution in [0.1, 0.15) is 21.1 Å². The molecule has 1 aromatic carbocycles. The highest BCUT2D eigenvalue weighted by Crippen LogP contribution is 2.23. The highest BCUT2D eigenvalue weighted by atomic mass is 32.1. The van der Waals surface area contributed by atoms with Crippen molar-refractivity contribution in [1.29, 1.82) is 0 Å². The van der Waals surface area contributed by atoms with Crippen LogP contribution in [0.3, 0.4) is 0 Å². The van der Waals surface area contributed by atoms with Gasteiger partial charge in [0.1, 0.15) is 17.3 Å². The topological polar surface area (TPSA) is 43.1 Å². The van der Waals surface area contributed by atoms with Gasteiger partial charge in [0.15, 0.2) is 5.78 Å². The van der Waals surface area contributed by atoms with Crippen LogP contribution in [0.5, 0.6) is 0 Å². The van der Waals surface area contributed by atoms with E-state index in [2.05, 4.69) is 4.98 Å². The molecule has 3 nitrogen and oxygen atoms in total. The lowest BCUT2D eigenvalue weighted by molar-refractivity contribution is 0.105. The van der Waals surface area contributed by atoms with E-state index in [1.807, 2.05) is 0 Å². The van der Waals surface area contributed by atoms with Crippen LogP contribution >= 0.6 is 11.3 Å². The van der Waals surface area contributed by atoms with Gasteiger partial charge in [-0.2, -0.15) is 0 Å². The number of thiazole rings is 1. The minimum Gasteiger partial charge on any atom is -0.457 e. The molecule has 0 unspecified atom stereocenters. The molecule has 0 radical (unpaired) electrons. The Balaban J connectivity index is 1.77. The number of ketones is 1. The van der Waals surface area contributed by atoms with Gasteiger partial charge in [0.2, 0.25) is 0 Å². The van der Waals surface area contributed by atoms with Gasteiger partial charge in [-0.1, -0.05) is 0 Å². The number of hydrogen-bond acceptors (Lipinski definition) is 4. The van der Waals surface area contributed by atoms with Crippen molar-refractivity contribution in [2.75, 3.05) is 0 Å². The monoisotopic (exact) mass is 313 g/mol. The fourth-order valence-electron chi connectivity index (χ4n) is 1.98. The summed E-state index contributed by atoms with van der Waals surface area (Å²) in [6, 6.07) is 9.60. The molecule has 2 aromatic heterocycles. The Morgan fingerprint density at radius 1 is 1.23 bits per heavy atom. The van der Waals surface area contributed by atoms with Gasteiger partial charge in [-0.15, -0.1) is 11.3 Å². The number of furan rings is 1. The van der Waals surface area contributed by atoms with E-state index < -0.39 is 0 Å². The number of carbonyl (C=O) groups is 1. The zero-order chi connectivity index (χ0) is 15.5. The van der Waals surface area contributed by atoms with Crippen molar-refractivity contribution < 1.29 is 13.6 Å². The number of nitrogens with zero attached hydrogens (tertiary/aromatic N) is 1. The highest BCUT2D eigenvalue weighted by Gasteiger charge is 2.09. The number of allylic oxidation sites excluding steroid dienone is 1. The molecule has 0 spiro atoms. The average Bonchev–Trinajstić information content (AvgIpc) is 3.14. The predicted octanol–water partition coefficient (Wildman–Crippen LogP) is 4.75. The third-order valence-corrected chi connectivity index (χ3v) is 4.07. The second kappa shape index (κ2) is 6.07. The summed E-state index contributed by atoms with van der Waals surface area (Å²) in [5.41, 5.74) is 3.16. The maximum atomic E-state index is 12.9. The molecule has 0 fully saturated rings. The van der Waals surface area contributed by atoms with E-state index in [0.717, 1.165) is 11.3 Å². The molecule has 0 aliphatic rings. The van der Waals surface area contributed by atoms with Crippen LogP contribution in [-0.4, -0.2) is 10.8 Å². The molecule has 0 bridgehead atoms. The summed E-state index contributed by atoms with van der Waals surface area (Å²) in [5.74, 6) is 0.802. The van der Waals surface area contributed by atoms with Crippen molar-refractivity contribution >= 4 is 23.2 Å². The van der Waals surface area contributed by atoms with Gasteiger partial charge < -0.3 is 4.42 Å². The Labute approximate surface area is 130 Å². The van der Waals surface area contributed by atoms with Gasteiger partial charge >= 0.3 is 0 Å². The molecule has 3 aromatic rings. The van der Waals surface area contributed by atoms with E-state index in [1.165, 1.54) is 29.5 Å². The van der Waals surface area contributed by atoms with Gasteiger partial charge in [-0.3, -0.25) is 4.79 Å². The maximum absolute atomic E-state index is 12.9. The molecule has 0 saturated heterocycles. The Bertz CT molecular complexity index is 830. The van der Waals surface area contributed by atoms with Crippen molar-refractivity contribution in [3.63, 3.8) is 0 Å². The molecule has 22 heavy (non-hydrogen) atoms. The summed E-state index contributed by atoms with van der Waals surface area (Å²) in [6.07, 6.45) is 3.09. The van der Waals surface area contributed by atoms with Crippen LogP contribution in [0.2, 0.25) is 0 Å². The quantitative estimate of drug-likeness (QED) is 0.516. The third kappa shape index (κ3) is 3.04. The molecule has 0 saturated carbocycles. The summed E-state index contributed by atoms with van der Waals surface area (Å²) in [5, 5.41) is 0. The molecule has 0 aliphatic heterocycles. The largest absolute Gasteiger partial charge is 0.457 e. The molecule has 0 atom stereocenters. The van der Waals surface area contributed by atoms with Crippen molar-refractivity contribution in [2.24, 2.45) is 0 Å². The highest BCUT2D eigenvalue weighted by molar-refractivity contribution is 7.12. The summed E-state index contributed by atoms with van der Waals surface area (Å²) in [6.45, 7) is 1.80. The van der Waals surface area contributed by atoms with Crippen molar-refractivity contribution in [3.8, 4) is 11.3 Å². The number of hydrogen-bond donors (Lipinski definition) is 0. The van der Waals surface area contributed by atoms with Crippen LogP contribution < -0.4 is 0 Å². The zero-order valence-electron chi connectivity index (χ0n) is 11.7. The van der Waals surface area contributed by atoms with Crippen molar-refractivity contribution in [2.45, 2.75) is 6.92 Å². The molecule has 0 amide bonds. The first kappa shape index (κ1) is 14.4. The Hall–Kier alpha value is -2.53. The number of benzene rings is 1. The van der Waals surface area contributed by atoms with Crippen LogP contribution in [0.15, 0.2) is 52.4 Å². The Morgan fingerprint density at radius 2 is 2.00 bits per heavy atom. The van der Waals surface area contributed by atoms with Gasteiger partial charge in [-0.05, 0) is 55.5 Å². The molecule has 0 N–H and O–H groups in total. The van der Waals surface area contributed by atoms with Gasteiger partial charge in [-0.25, -0.2) is 9.37 Å². The normalized spacial score (nSPS) is 11.2. The molecule has 3 rings (SSSR count). The standard InChI is InChI=1S/C17H12FNO2S/c1-11-17(22-10-19-11)15(20)8-6-14-7-9-16(21-14)12-2-4-13(18)5-3-12/h2-10H,1H3/b8-6+. The van der Waals surface area contributed by atoms with Crippen molar-refractivity contribution in [3.05, 3.63) is 70.1 Å². The van der Waals surface area contributed by atoms with E-state index in [4.69, 9.17) is 4.42 Å². The fourth-order valence-corrected chi connectivity index (χ4v) is 2.71. The molecular weight excluding hydrogens is 301 g/mol. The van der Waals surface area contributed by atoms with Gasteiger partial charge in [0.25, 0.3) is 0 Å². The molecule has 5 heteroatoms. The Kier molecular flexibility index (Phi) is 3.98. The lowest BCUT2D eigenvalue weighted by Gasteiger charge is -1.96. The van der Waals surface area contributed by atoms with Crippen LogP contribution in [0.4, 0.5) is 4.39 Å². The fraction of sp³-hybridized carbons (Fsp3) is 0.0588. The molecule has 110 valence electrons. The van der Waals surface area contributed by atoms with E-state index in [-0.39, 0.29) is 11.6 Å². The van der Waals surface area contributed by atoms with E-state index >= 15 is 0 Å². The van der Waals surface area contributed by atoms with Crippen molar-refractivity contribution in [1.82, 2.24) is 4.98 Å². The second-order valence-corrected chi connectivity index (χ2v) is 5.53. The minimum absolute atomic E-state index is 0.0975. The first-order chi connectivity index (χ1) is 10.6. The van der Waals surface area contributed by atoms with Gasteiger partial charge in [0, 0.05) is 5.56 Å². The van der Waals surface area contributed by atoms with E-state index in [1.54, 1.807) is 42.8 Å². The number of rotatable bonds is 4. The number of aromatic nitrogens is 1. The van der Waals surface area contributed by atoms with Crippen LogP contribution in [0.25, 0.3) is 17.4 Å². The molecule has 0 aliphatic carbocycles. The zero-order valence-corrected chi connectivity index (χ0v) is 12.6. The van der Waals surface area contributed by atoms with E-state index in [9.17, 15) is 9.18 Å². The molecule has 2 heterocycles. The summed E-state index contributed by atoms with van der Waals surface area (Å²) >= 11 is 1.32. The first-order valence-electron chi connectivity index (χ1n) is 6.62. The average molecular weight is 313 g/mol. The third-order valence-electron chi connectivity index (χ3n) is 3.12. The predicted molar refractivity (Wildman–Crippen MR) is 84.3 cm³/mol. The SMILES string of the molecule is Cc1ncsc1C(=O)/C=C/c1ccc(-c2ccc(F)cc2)o1.